The highest BCUT2D eigenvalue weighted by molar-refractivity contribution is 7.98. The summed E-state index contributed by atoms with van der Waals surface area (Å²) < 4.78 is 7.77. The van der Waals surface area contributed by atoms with Gasteiger partial charge < -0.3 is 19.9 Å². The Balaban J connectivity index is 1.40. The summed E-state index contributed by atoms with van der Waals surface area (Å²) in [6.45, 7) is 1.82. The van der Waals surface area contributed by atoms with Crippen molar-refractivity contribution < 1.29 is 9.53 Å². The Bertz CT molecular complexity index is 1180. The third-order valence-electron chi connectivity index (χ3n) is 4.33. The van der Waals surface area contributed by atoms with Gasteiger partial charge >= 0.3 is 6.03 Å². The van der Waals surface area contributed by atoms with Crippen LogP contribution in [0.1, 0.15) is 5.82 Å². The lowest BCUT2D eigenvalue weighted by molar-refractivity contribution is 0.262. The van der Waals surface area contributed by atoms with Crippen LogP contribution in [0.2, 0.25) is 0 Å². The highest BCUT2D eigenvalue weighted by Crippen LogP contribution is 2.24. The summed E-state index contributed by atoms with van der Waals surface area (Å²) >= 11 is 1.62. The van der Waals surface area contributed by atoms with Crippen LogP contribution in [0, 0.1) is 6.92 Å². The molecule has 2 aromatic carbocycles. The molecule has 4 rings (SSSR count). The van der Waals surface area contributed by atoms with Crippen molar-refractivity contribution >= 4 is 29.2 Å². The summed E-state index contributed by atoms with van der Waals surface area (Å²) in [5, 5.41) is 5.65. The summed E-state index contributed by atoms with van der Waals surface area (Å²) in [6, 6.07) is 20.1. The maximum Gasteiger partial charge on any atom is 0.323 e. The molecule has 31 heavy (non-hydrogen) atoms. The van der Waals surface area contributed by atoms with Crippen molar-refractivity contribution in [2.45, 2.75) is 11.8 Å². The Kier molecular flexibility index (Phi) is 6.18. The van der Waals surface area contributed by atoms with Crippen LogP contribution in [0.3, 0.4) is 0 Å². The predicted molar refractivity (Wildman–Crippen MR) is 123 cm³/mol. The Hall–Kier alpha value is -3.78. The average Bonchev–Trinajstić information content (AvgIpc) is 3.30. The second-order valence-electron chi connectivity index (χ2n) is 6.64. The van der Waals surface area contributed by atoms with Gasteiger partial charge in [-0.3, -0.25) is 0 Å². The molecule has 0 saturated heterocycles. The standard InChI is InChI=1S/C23H21N5O2S/c1-16-24-21(28-12-3-4-13-28)15-22(25-16)30-19-10-8-17(9-11-19)26-23(29)27-18-6-5-7-20(14-18)31-2/h3-15H,1-2H3,(H2,26,27,29). The first kappa shape index (κ1) is 20.5. The number of hydrogen-bond donors (Lipinski definition) is 2. The van der Waals surface area contributed by atoms with Crippen LogP contribution >= 0.6 is 11.8 Å². The molecule has 0 aliphatic carbocycles. The third-order valence-corrected chi connectivity index (χ3v) is 5.06. The van der Waals surface area contributed by atoms with E-state index in [1.54, 1.807) is 42.1 Å². The topological polar surface area (TPSA) is 81.1 Å². The Morgan fingerprint density at radius 2 is 1.68 bits per heavy atom. The van der Waals surface area contributed by atoms with Crippen LogP contribution in [0.25, 0.3) is 5.82 Å². The maximum absolute atomic E-state index is 12.3. The Morgan fingerprint density at radius 3 is 2.42 bits per heavy atom. The zero-order valence-corrected chi connectivity index (χ0v) is 17.9. The van der Waals surface area contributed by atoms with Gasteiger partial charge in [0.2, 0.25) is 5.88 Å². The van der Waals surface area contributed by atoms with Gasteiger partial charge in [-0.1, -0.05) is 6.07 Å². The van der Waals surface area contributed by atoms with Gasteiger partial charge in [0.05, 0.1) is 0 Å². The normalized spacial score (nSPS) is 10.5. The number of aromatic nitrogens is 3. The number of nitrogens with one attached hydrogen (secondary N) is 2. The number of carbonyl (C=O) groups is 1. The van der Waals surface area contributed by atoms with Gasteiger partial charge in [0, 0.05) is 34.7 Å². The van der Waals surface area contributed by atoms with Crippen LogP contribution in [0.15, 0.2) is 84.0 Å². The number of nitrogens with zero attached hydrogens (tertiary/aromatic N) is 3. The minimum absolute atomic E-state index is 0.310. The molecule has 0 fully saturated rings. The summed E-state index contributed by atoms with van der Waals surface area (Å²) in [6.07, 6.45) is 5.82. The van der Waals surface area contributed by atoms with E-state index in [1.165, 1.54) is 0 Å². The molecule has 0 unspecified atom stereocenters. The summed E-state index contributed by atoms with van der Waals surface area (Å²) in [5.74, 6) is 2.40. The SMILES string of the molecule is CSc1cccc(NC(=O)Nc2ccc(Oc3cc(-n4cccc4)nc(C)n3)cc2)c1. The van der Waals surface area contributed by atoms with Gasteiger partial charge in [-0.05, 0) is 67.8 Å². The summed E-state index contributed by atoms with van der Waals surface area (Å²) in [7, 11) is 0. The molecule has 2 heterocycles. The number of carbonyl (C=O) groups excluding carboxylic acids is 1. The molecule has 0 aliphatic heterocycles. The molecule has 2 aromatic heterocycles. The monoisotopic (exact) mass is 431 g/mol. The molecule has 8 heteroatoms. The fourth-order valence-corrected chi connectivity index (χ4v) is 3.38. The number of rotatable bonds is 6. The fraction of sp³-hybridized carbons (Fsp3) is 0.0870. The highest BCUT2D eigenvalue weighted by Gasteiger charge is 2.07. The van der Waals surface area contributed by atoms with Crippen LogP contribution in [-0.2, 0) is 0 Å². The Labute approximate surface area is 184 Å². The minimum atomic E-state index is -0.310. The minimum Gasteiger partial charge on any atom is -0.439 e. The number of ether oxygens (including phenoxy) is 1. The van der Waals surface area contributed by atoms with Gasteiger partial charge in [-0.15, -0.1) is 11.8 Å². The van der Waals surface area contributed by atoms with Gasteiger partial charge in [-0.2, -0.15) is 4.98 Å². The van der Waals surface area contributed by atoms with E-state index in [2.05, 4.69) is 20.6 Å². The lowest BCUT2D eigenvalue weighted by Crippen LogP contribution is -2.19. The molecule has 7 nitrogen and oxygen atoms in total. The smallest absolute Gasteiger partial charge is 0.323 e. The van der Waals surface area contributed by atoms with Crippen molar-refractivity contribution in [3.63, 3.8) is 0 Å². The van der Waals surface area contributed by atoms with Crippen molar-refractivity contribution in [1.29, 1.82) is 0 Å². The van der Waals surface area contributed by atoms with Crippen molar-refractivity contribution in [3.8, 4) is 17.4 Å². The van der Waals surface area contributed by atoms with Gasteiger partial charge in [0.1, 0.15) is 17.4 Å². The number of benzene rings is 2. The maximum atomic E-state index is 12.3. The van der Waals surface area contributed by atoms with Crippen molar-refractivity contribution in [2.75, 3.05) is 16.9 Å². The molecule has 156 valence electrons. The molecule has 0 aliphatic rings. The molecular formula is C23H21N5O2S. The number of anilines is 2. The number of hydrogen-bond acceptors (Lipinski definition) is 5. The first-order valence-electron chi connectivity index (χ1n) is 9.58. The number of thioether (sulfide) groups is 1. The first-order chi connectivity index (χ1) is 15.1. The molecule has 0 bridgehead atoms. The van der Waals surface area contributed by atoms with Gasteiger partial charge in [0.15, 0.2) is 0 Å². The van der Waals surface area contributed by atoms with E-state index in [9.17, 15) is 4.79 Å². The molecule has 0 atom stereocenters. The van der Waals surface area contributed by atoms with E-state index in [0.717, 1.165) is 16.4 Å². The molecule has 0 radical (unpaired) electrons. The van der Waals surface area contributed by atoms with Crippen molar-refractivity contribution in [2.24, 2.45) is 0 Å². The second-order valence-corrected chi connectivity index (χ2v) is 7.52. The number of amides is 2. The molecule has 2 amide bonds. The lowest BCUT2D eigenvalue weighted by atomic mass is 10.3. The highest BCUT2D eigenvalue weighted by atomic mass is 32.2. The van der Waals surface area contributed by atoms with Crippen molar-refractivity contribution in [1.82, 2.24) is 14.5 Å². The van der Waals surface area contributed by atoms with E-state index < -0.39 is 0 Å². The second kappa shape index (κ2) is 9.36. The van der Waals surface area contributed by atoms with Crippen LogP contribution in [0.5, 0.6) is 11.6 Å². The third kappa shape index (κ3) is 5.43. The number of aryl methyl sites for hydroxylation is 1. The van der Waals surface area contributed by atoms with E-state index in [0.29, 0.717) is 23.1 Å². The lowest BCUT2D eigenvalue weighted by Gasteiger charge is -2.10. The summed E-state index contributed by atoms with van der Waals surface area (Å²) in [4.78, 5) is 22.1. The quantitative estimate of drug-likeness (QED) is 0.381. The predicted octanol–water partition coefficient (Wildman–Crippen LogP) is 5.73. The number of urea groups is 1. The summed E-state index contributed by atoms with van der Waals surface area (Å²) in [5.41, 5.74) is 1.39. The van der Waals surface area contributed by atoms with Crippen LogP contribution in [-0.4, -0.2) is 26.8 Å². The molecular weight excluding hydrogens is 410 g/mol. The van der Waals surface area contributed by atoms with E-state index in [-0.39, 0.29) is 6.03 Å². The zero-order valence-electron chi connectivity index (χ0n) is 17.1. The zero-order chi connectivity index (χ0) is 21.6. The van der Waals surface area contributed by atoms with E-state index in [1.807, 2.05) is 66.5 Å². The van der Waals surface area contributed by atoms with E-state index in [4.69, 9.17) is 4.74 Å². The van der Waals surface area contributed by atoms with E-state index >= 15 is 0 Å². The van der Waals surface area contributed by atoms with Crippen LogP contribution in [0.4, 0.5) is 16.2 Å². The molecule has 4 aromatic rings. The fourth-order valence-electron chi connectivity index (χ4n) is 2.92. The average molecular weight is 432 g/mol. The Morgan fingerprint density at radius 1 is 0.935 bits per heavy atom. The molecule has 0 spiro atoms. The largest absolute Gasteiger partial charge is 0.439 e. The van der Waals surface area contributed by atoms with Crippen molar-refractivity contribution in [3.05, 3.63) is 84.9 Å². The molecule has 0 saturated carbocycles. The van der Waals surface area contributed by atoms with Gasteiger partial charge in [0.25, 0.3) is 0 Å². The first-order valence-corrected chi connectivity index (χ1v) is 10.8. The molecule has 2 N–H and O–H groups in total. The van der Waals surface area contributed by atoms with Crippen LogP contribution < -0.4 is 15.4 Å². The van der Waals surface area contributed by atoms with Gasteiger partial charge in [-0.25, -0.2) is 9.78 Å².